The van der Waals surface area contributed by atoms with Gasteiger partial charge in [-0.2, -0.15) is 0 Å². The van der Waals surface area contributed by atoms with Crippen molar-refractivity contribution >= 4 is 101 Å². The lowest BCUT2D eigenvalue weighted by molar-refractivity contribution is 0.590. The fraction of sp³-hybridized carbons (Fsp3) is 0.0435. The molecule has 6 nitrogen and oxygen atoms in total. The van der Waals surface area contributed by atoms with E-state index in [1.54, 1.807) is 0 Å². The first-order valence-corrected chi connectivity index (χ1v) is 34.3. The monoisotopic (exact) mass is 1260 g/mol. The molecule has 99 heavy (non-hydrogen) atoms. The van der Waals surface area contributed by atoms with Gasteiger partial charge in [0.05, 0.1) is 44.8 Å². The molecule has 2 aliphatic rings. The zero-order chi connectivity index (χ0) is 65.9. The number of fused-ring (bicyclic) bond motifs is 10. The molecule has 13 aromatic carbocycles. The molecule has 0 unspecified atom stereocenters. The molecule has 0 bridgehead atoms. The lowest BCUT2D eigenvalue weighted by Crippen LogP contribution is -2.63. The third-order valence-corrected chi connectivity index (χ3v) is 20.4. The number of aromatic nitrogens is 4. The van der Waals surface area contributed by atoms with E-state index < -0.39 is 6.71 Å². The van der Waals surface area contributed by atoms with E-state index in [0.29, 0.717) is 0 Å². The average molecular weight is 1270 g/mol. The summed E-state index contributed by atoms with van der Waals surface area (Å²) in [5, 5.41) is 4.67. The summed E-state index contributed by atoms with van der Waals surface area (Å²) in [6.07, 6.45) is 0. The van der Waals surface area contributed by atoms with Crippen LogP contribution in [0.15, 0.2) is 340 Å². The van der Waals surface area contributed by atoms with Crippen LogP contribution >= 0.6 is 0 Å². The smallest absolute Gasteiger partial charge is 0.257 e. The summed E-state index contributed by atoms with van der Waals surface area (Å²) in [6, 6.07) is 125. The molecule has 0 radical (unpaired) electrons. The molecule has 0 N–H and O–H groups in total. The zero-order valence-corrected chi connectivity index (χ0v) is 55.1. The van der Waals surface area contributed by atoms with E-state index in [4.69, 9.17) is 9.97 Å². The number of anilines is 6. The molecular weight excluding hydrogens is 1200 g/mol. The van der Waals surface area contributed by atoms with Crippen molar-refractivity contribution in [2.24, 2.45) is 0 Å². The van der Waals surface area contributed by atoms with Crippen LogP contribution in [-0.4, -0.2) is 25.8 Å². The molecule has 0 saturated heterocycles. The van der Waals surface area contributed by atoms with Gasteiger partial charge < -0.3 is 9.80 Å². The summed E-state index contributed by atoms with van der Waals surface area (Å²) in [7, 11) is 0. The highest BCUT2D eigenvalue weighted by atomic mass is 15.2. The van der Waals surface area contributed by atoms with Gasteiger partial charge >= 0.3 is 0 Å². The Morgan fingerprint density at radius 1 is 0.263 bits per heavy atom. The lowest BCUT2D eigenvalue weighted by atomic mass is 9.32. The van der Waals surface area contributed by atoms with E-state index in [1.165, 1.54) is 27.1 Å². The van der Waals surface area contributed by atoms with Crippen LogP contribution in [0.2, 0.25) is 0 Å². The largest absolute Gasteiger partial charge is 0.310 e. The van der Waals surface area contributed by atoms with Crippen LogP contribution in [0.25, 0.3) is 122 Å². The van der Waals surface area contributed by atoms with Gasteiger partial charge in [0.1, 0.15) is 11.6 Å². The maximum absolute atomic E-state index is 6.25. The van der Waals surface area contributed by atoms with Crippen molar-refractivity contribution < 1.29 is 0 Å². The highest BCUT2D eigenvalue weighted by molar-refractivity contribution is 7.01. The first-order chi connectivity index (χ1) is 48.8. The summed E-state index contributed by atoms with van der Waals surface area (Å²) in [5.74, 6) is 1.63. The molecule has 466 valence electrons. The Balaban J connectivity index is 1.06. The predicted molar refractivity (Wildman–Crippen MR) is 416 cm³/mol. The number of benzene rings is 13. The minimum absolute atomic E-state index is 0.371. The second-order valence-electron chi connectivity index (χ2n) is 27.1. The number of para-hydroxylation sites is 6. The number of rotatable bonds is 10. The average Bonchev–Trinajstić information content (AvgIpc) is 0.968. The highest BCUT2D eigenvalue weighted by Gasteiger charge is 2.49. The van der Waals surface area contributed by atoms with E-state index >= 15 is 0 Å². The van der Waals surface area contributed by atoms with Crippen molar-refractivity contribution in [3.8, 4) is 78.7 Å². The number of nitrogens with zero attached hydrogens (tertiary/aromatic N) is 6. The van der Waals surface area contributed by atoms with E-state index in [1.807, 2.05) is 0 Å². The van der Waals surface area contributed by atoms with Gasteiger partial charge in [0.25, 0.3) is 6.71 Å². The molecule has 0 spiro atoms. The summed E-state index contributed by atoms with van der Waals surface area (Å²) in [6.45, 7) is 6.63. The van der Waals surface area contributed by atoms with Crippen LogP contribution in [0.5, 0.6) is 0 Å². The second-order valence-corrected chi connectivity index (χ2v) is 27.1. The molecular formula is C92H65BN6. The maximum atomic E-state index is 6.25. The summed E-state index contributed by atoms with van der Waals surface area (Å²) < 4.78 is 4.81. The van der Waals surface area contributed by atoms with Crippen LogP contribution in [-0.2, 0) is 5.41 Å². The maximum Gasteiger partial charge on any atom is 0.257 e. The van der Waals surface area contributed by atoms with Gasteiger partial charge in [0, 0.05) is 78.7 Å². The van der Waals surface area contributed by atoms with Crippen LogP contribution in [0, 0.1) is 0 Å². The highest BCUT2D eigenvalue weighted by Crippen LogP contribution is 2.55. The Kier molecular flexibility index (Phi) is 13.5. The van der Waals surface area contributed by atoms with Gasteiger partial charge in [0.2, 0.25) is 0 Å². The van der Waals surface area contributed by atoms with E-state index in [-0.39, 0.29) is 5.41 Å². The number of pyridine rings is 2. The standard InChI is InChI=1S/C92H65BN6/c1-92(2,3)66-56-79-85-80(57-66)99(91-69(62-36-14-6-15-37-62)50-31-51-70(91)63-38-16-7-17-39-63)82-59-84(97-77-54-28-24-46-73(77)74-47-25-29-55-78(74)97)95-89(65-42-20-9-21-43-65)87(82)93(85)86-81(98(79)90-67(60-32-10-4-11-33-60)48-30-49-68(90)61-34-12-5-13-35-61)58-83(94-88(86)64-40-18-8-19-41-64)96-75-52-26-22-44-71(75)72-45-23-27-53-76(72)96/h4-59H,1-3H3. The molecule has 4 aromatic heterocycles. The fourth-order valence-corrected chi connectivity index (χ4v) is 16.1. The summed E-state index contributed by atoms with van der Waals surface area (Å²) >= 11 is 0. The van der Waals surface area contributed by atoms with Crippen molar-refractivity contribution in [1.29, 1.82) is 0 Å². The quantitative estimate of drug-likeness (QED) is 0.128. The van der Waals surface area contributed by atoms with Crippen molar-refractivity contribution in [2.45, 2.75) is 26.2 Å². The Hall–Kier alpha value is -12.6. The normalized spacial score (nSPS) is 12.5. The number of hydrogen-bond donors (Lipinski definition) is 0. The second kappa shape index (κ2) is 23.1. The molecule has 0 saturated carbocycles. The van der Waals surface area contributed by atoms with E-state index in [2.05, 4.69) is 379 Å². The van der Waals surface area contributed by atoms with Crippen molar-refractivity contribution in [2.75, 3.05) is 9.80 Å². The van der Waals surface area contributed by atoms with Gasteiger partial charge in [-0.15, -0.1) is 0 Å². The molecule has 2 aliphatic heterocycles. The van der Waals surface area contributed by atoms with Crippen molar-refractivity contribution in [3.63, 3.8) is 0 Å². The molecule has 0 fully saturated rings. The minimum atomic E-state index is -0.487. The van der Waals surface area contributed by atoms with Gasteiger partial charge in [-0.05, 0) is 97.1 Å². The van der Waals surface area contributed by atoms with Crippen LogP contribution < -0.4 is 26.2 Å². The Morgan fingerprint density at radius 3 is 0.818 bits per heavy atom. The molecule has 6 heterocycles. The minimum Gasteiger partial charge on any atom is -0.310 e. The van der Waals surface area contributed by atoms with E-state index in [9.17, 15) is 0 Å². The van der Waals surface area contributed by atoms with Crippen LogP contribution in [0.1, 0.15) is 26.3 Å². The SMILES string of the molecule is CC(C)(C)c1cc2c3c(c1)N(c1c(-c4ccccc4)cccc1-c1ccccc1)c1cc(-n4c5ccccc5c5ccccc54)nc(-c4ccccc4)c1B3c1c(cc(-n3c4ccccc4c4ccccc43)nc1-c1ccccc1)N2c1c(-c2ccccc2)cccc1-c1ccccc1. The van der Waals surface area contributed by atoms with Gasteiger partial charge in [-0.3, -0.25) is 9.13 Å². The Morgan fingerprint density at radius 2 is 0.525 bits per heavy atom. The summed E-state index contributed by atoms with van der Waals surface area (Å²) in [5.41, 5.74) is 27.4. The molecule has 0 amide bonds. The first kappa shape index (κ1) is 57.8. The zero-order valence-electron chi connectivity index (χ0n) is 55.1. The van der Waals surface area contributed by atoms with Gasteiger partial charge in [0.15, 0.2) is 0 Å². The Bertz CT molecular complexity index is 5440. The van der Waals surface area contributed by atoms with Crippen LogP contribution in [0.4, 0.5) is 34.1 Å². The topological polar surface area (TPSA) is 42.1 Å². The first-order valence-electron chi connectivity index (χ1n) is 34.3. The summed E-state index contributed by atoms with van der Waals surface area (Å²) in [4.78, 5) is 17.8. The van der Waals surface area contributed by atoms with E-state index in [0.717, 1.165) is 151 Å². The third kappa shape index (κ3) is 9.26. The predicted octanol–water partition coefficient (Wildman–Crippen LogP) is 22.1. The van der Waals surface area contributed by atoms with Gasteiger partial charge in [-0.25, -0.2) is 9.97 Å². The van der Waals surface area contributed by atoms with Crippen molar-refractivity contribution in [3.05, 3.63) is 345 Å². The van der Waals surface area contributed by atoms with Crippen molar-refractivity contribution in [1.82, 2.24) is 19.1 Å². The molecule has 19 rings (SSSR count). The number of hydrogen-bond acceptors (Lipinski definition) is 4. The molecule has 7 heteroatoms. The molecule has 17 aromatic rings. The third-order valence-electron chi connectivity index (χ3n) is 20.4. The Labute approximate surface area is 576 Å². The van der Waals surface area contributed by atoms with Crippen LogP contribution in [0.3, 0.4) is 0 Å². The van der Waals surface area contributed by atoms with Gasteiger partial charge in [-0.1, -0.05) is 312 Å². The molecule has 0 aliphatic carbocycles. The lowest BCUT2D eigenvalue weighted by Gasteiger charge is -2.47. The fourth-order valence-electron chi connectivity index (χ4n) is 16.1. The molecule has 0 atom stereocenters.